The second kappa shape index (κ2) is 6.43. The molecule has 3 unspecified atom stereocenters. The van der Waals surface area contributed by atoms with E-state index in [1.165, 1.54) is 0 Å². The highest BCUT2D eigenvalue weighted by atomic mass is 16.5. The third-order valence-electron chi connectivity index (χ3n) is 4.45. The number of nitrogens with zero attached hydrogens (tertiary/aromatic N) is 2. The van der Waals surface area contributed by atoms with Crippen molar-refractivity contribution in [3.63, 3.8) is 0 Å². The van der Waals surface area contributed by atoms with E-state index in [9.17, 15) is 14.7 Å². The Morgan fingerprint density at radius 1 is 1.35 bits per heavy atom. The Morgan fingerprint density at radius 2 is 2.10 bits per heavy atom. The first-order chi connectivity index (χ1) is 9.60. The van der Waals surface area contributed by atoms with Crippen molar-refractivity contribution < 1.29 is 19.4 Å². The molecule has 2 heterocycles. The highest BCUT2D eigenvalue weighted by Crippen LogP contribution is 2.26. The molecule has 2 aliphatic rings. The van der Waals surface area contributed by atoms with Gasteiger partial charge < -0.3 is 19.6 Å². The Balaban J connectivity index is 2.11. The smallest absolute Gasteiger partial charge is 0.320 e. The molecule has 0 aromatic carbocycles. The van der Waals surface area contributed by atoms with Gasteiger partial charge in [-0.1, -0.05) is 6.92 Å². The lowest BCUT2D eigenvalue weighted by Crippen LogP contribution is -2.52. The van der Waals surface area contributed by atoms with Crippen molar-refractivity contribution in [2.45, 2.75) is 45.2 Å². The summed E-state index contributed by atoms with van der Waals surface area (Å²) in [6.45, 7) is 5.79. The minimum atomic E-state index is -0.882. The quantitative estimate of drug-likeness (QED) is 0.847. The molecule has 2 rings (SSSR count). The van der Waals surface area contributed by atoms with E-state index in [0.717, 1.165) is 25.8 Å². The molecular weight excluding hydrogens is 260 g/mol. The summed E-state index contributed by atoms with van der Waals surface area (Å²) in [5, 5.41) is 9.24. The minimum absolute atomic E-state index is 0.0291. The van der Waals surface area contributed by atoms with Gasteiger partial charge in [0.1, 0.15) is 5.92 Å². The molecule has 0 aromatic heterocycles. The van der Waals surface area contributed by atoms with Crippen LogP contribution in [0.3, 0.4) is 0 Å². The second-order valence-electron chi connectivity index (χ2n) is 5.52. The number of aliphatic carboxylic acids is 1. The van der Waals surface area contributed by atoms with Crippen molar-refractivity contribution in [1.82, 2.24) is 9.80 Å². The van der Waals surface area contributed by atoms with Crippen LogP contribution in [-0.4, -0.2) is 65.3 Å². The number of rotatable bonds is 4. The summed E-state index contributed by atoms with van der Waals surface area (Å²) in [4.78, 5) is 27.6. The van der Waals surface area contributed by atoms with Gasteiger partial charge in [-0.3, -0.25) is 4.79 Å². The standard InChI is InChI=1S/C14H24N2O4/c1-3-10-6-5-7-16(10)14(19)15(4-2)12-9-20-8-11(12)13(17)18/h10-12H,3-9H2,1-2H3,(H,17,18). The fourth-order valence-corrected chi connectivity index (χ4v) is 3.27. The summed E-state index contributed by atoms with van der Waals surface area (Å²) in [6, 6.07) is -0.0798. The van der Waals surface area contributed by atoms with Crippen molar-refractivity contribution in [2.24, 2.45) is 5.92 Å². The number of hydrogen-bond donors (Lipinski definition) is 1. The number of urea groups is 1. The molecular formula is C14H24N2O4. The zero-order valence-corrected chi connectivity index (χ0v) is 12.2. The topological polar surface area (TPSA) is 70.1 Å². The average Bonchev–Trinajstić information content (AvgIpc) is 3.07. The summed E-state index contributed by atoms with van der Waals surface area (Å²) in [6.07, 6.45) is 3.03. The largest absolute Gasteiger partial charge is 0.481 e. The van der Waals surface area contributed by atoms with E-state index < -0.39 is 11.9 Å². The van der Waals surface area contributed by atoms with Gasteiger partial charge in [0.05, 0.1) is 19.3 Å². The molecule has 114 valence electrons. The summed E-state index contributed by atoms with van der Waals surface area (Å²) in [7, 11) is 0. The lowest BCUT2D eigenvalue weighted by Gasteiger charge is -2.35. The van der Waals surface area contributed by atoms with Crippen LogP contribution < -0.4 is 0 Å². The molecule has 0 spiro atoms. The van der Waals surface area contributed by atoms with E-state index in [1.54, 1.807) is 4.90 Å². The van der Waals surface area contributed by atoms with E-state index in [0.29, 0.717) is 19.2 Å². The summed E-state index contributed by atoms with van der Waals surface area (Å²) in [5.41, 5.74) is 0. The number of amides is 2. The van der Waals surface area contributed by atoms with Crippen molar-refractivity contribution in [1.29, 1.82) is 0 Å². The Labute approximate surface area is 119 Å². The van der Waals surface area contributed by atoms with Crippen LogP contribution in [0, 0.1) is 5.92 Å². The van der Waals surface area contributed by atoms with E-state index >= 15 is 0 Å². The summed E-state index contributed by atoms with van der Waals surface area (Å²) in [5.74, 6) is -1.49. The predicted octanol–water partition coefficient (Wildman–Crippen LogP) is 1.40. The van der Waals surface area contributed by atoms with E-state index in [-0.39, 0.29) is 18.7 Å². The van der Waals surface area contributed by atoms with Crippen molar-refractivity contribution in [3.05, 3.63) is 0 Å². The van der Waals surface area contributed by atoms with Gasteiger partial charge in [0, 0.05) is 19.1 Å². The van der Waals surface area contributed by atoms with Crippen LogP contribution in [0.2, 0.25) is 0 Å². The first-order valence-corrected chi connectivity index (χ1v) is 7.47. The number of ether oxygens (including phenoxy) is 1. The van der Waals surface area contributed by atoms with Gasteiger partial charge in [0.2, 0.25) is 0 Å². The molecule has 2 saturated heterocycles. The van der Waals surface area contributed by atoms with E-state index in [2.05, 4.69) is 6.92 Å². The Hall–Kier alpha value is -1.30. The zero-order valence-electron chi connectivity index (χ0n) is 12.2. The van der Waals surface area contributed by atoms with Gasteiger partial charge in [-0.05, 0) is 26.2 Å². The number of carboxylic acids is 1. The maximum Gasteiger partial charge on any atom is 0.320 e. The molecule has 1 N–H and O–H groups in total. The van der Waals surface area contributed by atoms with Gasteiger partial charge in [0.15, 0.2) is 0 Å². The average molecular weight is 284 g/mol. The molecule has 3 atom stereocenters. The lowest BCUT2D eigenvalue weighted by molar-refractivity contribution is -0.142. The first-order valence-electron chi connectivity index (χ1n) is 7.47. The molecule has 0 aliphatic carbocycles. The Bertz CT molecular complexity index is 374. The molecule has 0 saturated carbocycles. The SMILES string of the molecule is CCC1CCCN1C(=O)N(CC)C1COCC1C(=O)O. The lowest BCUT2D eigenvalue weighted by atomic mass is 10.0. The monoisotopic (exact) mass is 284 g/mol. The van der Waals surface area contributed by atoms with Gasteiger partial charge in [-0.15, -0.1) is 0 Å². The molecule has 0 radical (unpaired) electrons. The molecule has 6 heteroatoms. The van der Waals surface area contributed by atoms with Gasteiger partial charge in [0.25, 0.3) is 0 Å². The molecule has 2 aliphatic heterocycles. The van der Waals surface area contributed by atoms with Crippen molar-refractivity contribution in [2.75, 3.05) is 26.3 Å². The van der Waals surface area contributed by atoms with E-state index in [1.807, 2.05) is 11.8 Å². The van der Waals surface area contributed by atoms with Gasteiger partial charge in [-0.2, -0.15) is 0 Å². The van der Waals surface area contributed by atoms with Crippen LogP contribution >= 0.6 is 0 Å². The molecule has 6 nitrogen and oxygen atoms in total. The highest BCUT2D eigenvalue weighted by Gasteiger charge is 2.42. The Kier molecular flexibility index (Phi) is 4.86. The van der Waals surface area contributed by atoms with Gasteiger partial charge in [-0.25, -0.2) is 4.79 Å². The summed E-state index contributed by atoms with van der Waals surface area (Å²) >= 11 is 0. The second-order valence-corrected chi connectivity index (χ2v) is 5.52. The number of carbonyl (C=O) groups is 2. The third-order valence-corrected chi connectivity index (χ3v) is 4.45. The predicted molar refractivity (Wildman–Crippen MR) is 73.5 cm³/mol. The number of carboxylic acid groups (broad SMARTS) is 1. The fourth-order valence-electron chi connectivity index (χ4n) is 3.27. The highest BCUT2D eigenvalue weighted by molar-refractivity contribution is 5.78. The third kappa shape index (κ3) is 2.75. The van der Waals surface area contributed by atoms with Crippen molar-refractivity contribution >= 4 is 12.0 Å². The zero-order chi connectivity index (χ0) is 14.7. The minimum Gasteiger partial charge on any atom is -0.481 e. The molecule has 0 bridgehead atoms. The van der Waals surface area contributed by atoms with Crippen LogP contribution in [0.25, 0.3) is 0 Å². The van der Waals surface area contributed by atoms with Crippen molar-refractivity contribution in [3.8, 4) is 0 Å². The van der Waals surface area contributed by atoms with Crippen LogP contribution in [0.4, 0.5) is 4.79 Å². The normalized spacial score (nSPS) is 29.7. The summed E-state index contributed by atoms with van der Waals surface area (Å²) < 4.78 is 5.29. The van der Waals surface area contributed by atoms with Crippen LogP contribution in [0.1, 0.15) is 33.1 Å². The fraction of sp³-hybridized carbons (Fsp3) is 0.857. The number of likely N-dealkylation sites (tertiary alicyclic amines) is 1. The van der Waals surface area contributed by atoms with Crippen LogP contribution in [-0.2, 0) is 9.53 Å². The molecule has 0 aromatic rings. The van der Waals surface area contributed by atoms with E-state index in [4.69, 9.17) is 4.74 Å². The maximum absolute atomic E-state index is 12.7. The molecule has 2 amide bonds. The molecule has 2 fully saturated rings. The number of hydrogen-bond acceptors (Lipinski definition) is 3. The first kappa shape index (κ1) is 15.1. The number of carbonyl (C=O) groups excluding carboxylic acids is 1. The van der Waals surface area contributed by atoms with Crippen LogP contribution in [0.5, 0.6) is 0 Å². The Morgan fingerprint density at radius 3 is 2.70 bits per heavy atom. The number of likely N-dealkylation sites (N-methyl/N-ethyl adjacent to an activating group) is 1. The molecule has 20 heavy (non-hydrogen) atoms. The van der Waals surface area contributed by atoms with Crippen LogP contribution in [0.15, 0.2) is 0 Å². The van der Waals surface area contributed by atoms with Gasteiger partial charge >= 0.3 is 12.0 Å². The maximum atomic E-state index is 12.7.